The normalized spacial score (nSPS) is 12.1. The molecule has 8 heteroatoms. The lowest BCUT2D eigenvalue weighted by Crippen LogP contribution is -2.31. The van der Waals surface area contributed by atoms with Crippen LogP contribution in [0.3, 0.4) is 0 Å². The quantitative estimate of drug-likeness (QED) is 0.523. The zero-order valence-electron chi connectivity index (χ0n) is 18.1. The highest BCUT2D eigenvalue weighted by atomic mass is 32.2. The molecule has 0 heterocycles. The van der Waals surface area contributed by atoms with Gasteiger partial charge in [0.1, 0.15) is 11.6 Å². The maximum absolute atomic E-state index is 13.0. The first kappa shape index (κ1) is 23.3. The Kier molecular flexibility index (Phi) is 7.15. The summed E-state index contributed by atoms with van der Waals surface area (Å²) in [6.07, 6.45) is 0. The van der Waals surface area contributed by atoms with Crippen LogP contribution < -0.4 is 14.8 Å². The average Bonchev–Trinajstić information content (AvgIpc) is 2.74. The number of carbonyl (C=O) groups is 1. The predicted molar refractivity (Wildman–Crippen MR) is 122 cm³/mol. The molecule has 3 aromatic carbocycles. The van der Waals surface area contributed by atoms with Crippen LogP contribution in [0.15, 0.2) is 71.6 Å². The van der Waals surface area contributed by atoms with Gasteiger partial charge in [-0.15, -0.1) is 0 Å². The van der Waals surface area contributed by atoms with E-state index >= 15 is 0 Å². The van der Waals surface area contributed by atoms with Crippen LogP contribution in [-0.4, -0.2) is 20.9 Å². The van der Waals surface area contributed by atoms with Crippen LogP contribution >= 0.6 is 0 Å². The number of nitrogens with one attached hydrogen (secondary N) is 2. The molecule has 1 atom stereocenters. The first-order valence-corrected chi connectivity index (χ1v) is 11.5. The van der Waals surface area contributed by atoms with E-state index in [1.165, 1.54) is 30.3 Å². The summed E-state index contributed by atoms with van der Waals surface area (Å²) in [4.78, 5) is 12.3. The lowest BCUT2D eigenvalue weighted by Gasteiger charge is -2.16. The third-order valence-electron chi connectivity index (χ3n) is 4.87. The van der Waals surface area contributed by atoms with Gasteiger partial charge in [0.05, 0.1) is 10.9 Å². The second kappa shape index (κ2) is 9.82. The van der Waals surface area contributed by atoms with E-state index < -0.39 is 10.0 Å². The average molecular weight is 457 g/mol. The first-order chi connectivity index (χ1) is 15.1. The molecule has 3 rings (SSSR count). The van der Waals surface area contributed by atoms with Crippen LogP contribution in [0.25, 0.3) is 0 Å². The molecule has 0 unspecified atom stereocenters. The molecular weight excluding hydrogens is 431 g/mol. The van der Waals surface area contributed by atoms with Gasteiger partial charge in [-0.2, -0.15) is 0 Å². The molecule has 1 amide bonds. The Morgan fingerprint density at radius 2 is 1.66 bits per heavy atom. The number of hydrogen-bond acceptors (Lipinski definition) is 4. The van der Waals surface area contributed by atoms with Crippen LogP contribution in [0.5, 0.6) is 5.75 Å². The summed E-state index contributed by atoms with van der Waals surface area (Å²) < 4.78 is 46.5. The van der Waals surface area contributed by atoms with E-state index in [1.54, 1.807) is 38.1 Å². The summed E-state index contributed by atoms with van der Waals surface area (Å²) in [7, 11) is -3.76. The van der Waals surface area contributed by atoms with Crippen molar-refractivity contribution < 1.29 is 22.3 Å². The molecule has 0 saturated heterocycles. The second-order valence-electron chi connectivity index (χ2n) is 7.53. The van der Waals surface area contributed by atoms with Crippen molar-refractivity contribution in [1.82, 2.24) is 5.32 Å². The van der Waals surface area contributed by atoms with Crippen molar-refractivity contribution in [2.45, 2.75) is 31.7 Å². The fourth-order valence-electron chi connectivity index (χ4n) is 3.05. The van der Waals surface area contributed by atoms with E-state index in [-0.39, 0.29) is 29.3 Å². The minimum atomic E-state index is -3.76. The highest BCUT2D eigenvalue weighted by Crippen LogP contribution is 2.24. The number of aryl methyl sites for hydroxylation is 2. The monoisotopic (exact) mass is 456 g/mol. The third-order valence-corrected chi connectivity index (χ3v) is 6.25. The number of rotatable bonds is 8. The Morgan fingerprint density at radius 3 is 2.28 bits per heavy atom. The molecule has 32 heavy (non-hydrogen) atoms. The SMILES string of the molecule is Cc1ccc(NS(=O)(=O)c2ccc(OCC(=O)N[C@@H](C)c3ccc(F)cc3)c(C)c2)cc1. The number of hydrogen-bond donors (Lipinski definition) is 2. The van der Waals surface area contributed by atoms with Gasteiger partial charge in [0, 0.05) is 5.69 Å². The van der Waals surface area contributed by atoms with Crippen molar-refractivity contribution in [3.05, 3.63) is 89.2 Å². The number of ether oxygens (including phenoxy) is 1. The molecule has 0 fully saturated rings. The number of benzene rings is 3. The zero-order chi connectivity index (χ0) is 23.3. The van der Waals surface area contributed by atoms with Crippen molar-refractivity contribution in [3.8, 4) is 5.75 Å². The van der Waals surface area contributed by atoms with Crippen molar-refractivity contribution in [3.63, 3.8) is 0 Å². The second-order valence-corrected chi connectivity index (χ2v) is 9.21. The summed E-state index contributed by atoms with van der Waals surface area (Å²) >= 11 is 0. The van der Waals surface area contributed by atoms with E-state index in [1.807, 2.05) is 19.1 Å². The van der Waals surface area contributed by atoms with Gasteiger partial charge in [-0.1, -0.05) is 29.8 Å². The van der Waals surface area contributed by atoms with Gasteiger partial charge in [-0.05, 0) is 74.4 Å². The van der Waals surface area contributed by atoms with Crippen LogP contribution in [0.2, 0.25) is 0 Å². The Hall–Kier alpha value is -3.39. The standard InChI is InChI=1S/C24H25FN2O4S/c1-16-4-10-21(11-5-16)27-32(29,30)22-12-13-23(17(2)14-22)31-15-24(28)26-18(3)19-6-8-20(25)9-7-19/h4-14,18,27H,15H2,1-3H3,(H,26,28)/t18-/m0/s1. The molecule has 0 aliphatic heterocycles. The minimum absolute atomic E-state index is 0.0947. The fraction of sp³-hybridized carbons (Fsp3) is 0.208. The smallest absolute Gasteiger partial charge is 0.261 e. The van der Waals surface area contributed by atoms with Gasteiger partial charge in [-0.3, -0.25) is 9.52 Å². The Balaban J connectivity index is 1.60. The first-order valence-electron chi connectivity index (χ1n) is 10.0. The van der Waals surface area contributed by atoms with Crippen LogP contribution in [0, 0.1) is 19.7 Å². The largest absolute Gasteiger partial charge is 0.484 e. The summed E-state index contributed by atoms with van der Waals surface area (Å²) in [6, 6.07) is 17.0. The van der Waals surface area contributed by atoms with Crippen molar-refractivity contribution in [1.29, 1.82) is 0 Å². The number of carbonyl (C=O) groups excluding carboxylic acids is 1. The number of anilines is 1. The topological polar surface area (TPSA) is 84.5 Å². The van der Waals surface area contributed by atoms with E-state index in [0.717, 1.165) is 11.1 Å². The van der Waals surface area contributed by atoms with Crippen molar-refractivity contribution >= 4 is 21.6 Å². The van der Waals surface area contributed by atoms with Gasteiger partial charge in [0.15, 0.2) is 6.61 Å². The maximum atomic E-state index is 13.0. The molecule has 168 valence electrons. The molecule has 0 aliphatic rings. The van der Waals surface area contributed by atoms with Gasteiger partial charge >= 0.3 is 0 Å². The summed E-state index contributed by atoms with van der Waals surface area (Å²) in [5, 5.41) is 2.78. The van der Waals surface area contributed by atoms with Crippen LogP contribution in [-0.2, 0) is 14.8 Å². The van der Waals surface area contributed by atoms with Crippen LogP contribution in [0.1, 0.15) is 29.7 Å². The van der Waals surface area contributed by atoms with Crippen molar-refractivity contribution in [2.75, 3.05) is 11.3 Å². The van der Waals surface area contributed by atoms with E-state index in [9.17, 15) is 17.6 Å². The summed E-state index contributed by atoms with van der Waals surface area (Å²) in [5.41, 5.74) is 2.85. The molecule has 0 spiro atoms. The lowest BCUT2D eigenvalue weighted by molar-refractivity contribution is -0.123. The van der Waals surface area contributed by atoms with E-state index in [2.05, 4.69) is 10.0 Å². The summed E-state index contributed by atoms with van der Waals surface area (Å²) in [5.74, 6) is -0.284. The molecule has 3 aromatic rings. The highest BCUT2D eigenvalue weighted by Gasteiger charge is 2.17. The maximum Gasteiger partial charge on any atom is 0.261 e. The fourth-order valence-corrected chi connectivity index (χ4v) is 4.19. The van der Waals surface area contributed by atoms with Crippen molar-refractivity contribution in [2.24, 2.45) is 0 Å². The molecule has 0 radical (unpaired) electrons. The van der Waals surface area contributed by atoms with Crippen LogP contribution in [0.4, 0.5) is 10.1 Å². The van der Waals surface area contributed by atoms with Gasteiger partial charge in [0.2, 0.25) is 0 Å². The number of halogens is 1. The molecule has 0 bridgehead atoms. The predicted octanol–water partition coefficient (Wildman–Crippen LogP) is 4.50. The Bertz CT molecular complexity index is 1190. The molecular formula is C24H25FN2O4S. The van der Waals surface area contributed by atoms with E-state index in [0.29, 0.717) is 17.0 Å². The highest BCUT2D eigenvalue weighted by molar-refractivity contribution is 7.92. The Labute approximate surface area is 187 Å². The number of amides is 1. The summed E-state index contributed by atoms with van der Waals surface area (Å²) in [6.45, 7) is 5.18. The van der Waals surface area contributed by atoms with E-state index in [4.69, 9.17) is 4.74 Å². The molecule has 0 saturated carbocycles. The Morgan fingerprint density at radius 1 is 1.00 bits per heavy atom. The molecule has 0 aliphatic carbocycles. The molecule has 6 nitrogen and oxygen atoms in total. The number of sulfonamides is 1. The van der Waals surface area contributed by atoms with Gasteiger partial charge in [0.25, 0.3) is 15.9 Å². The third kappa shape index (κ3) is 6.07. The molecule has 0 aromatic heterocycles. The zero-order valence-corrected chi connectivity index (χ0v) is 18.9. The van der Waals surface area contributed by atoms with Gasteiger partial charge in [-0.25, -0.2) is 12.8 Å². The molecule has 2 N–H and O–H groups in total. The minimum Gasteiger partial charge on any atom is -0.484 e. The lowest BCUT2D eigenvalue weighted by atomic mass is 10.1. The van der Waals surface area contributed by atoms with Gasteiger partial charge < -0.3 is 10.1 Å².